The number of halogens is 3. The summed E-state index contributed by atoms with van der Waals surface area (Å²) in [4.78, 5) is 3.91. The molecule has 0 N–H and O–H groups in total. The lowest BCUT2D eigenvalue weighted by molar-refractivity contribution is 0.116. The topological polar surface area (TPSA) is 61.0 Å². The third-order valence-corrected chi connectivity index (χ3v) is 2.91. The van der Waals surface area contributed by atoms with E-state index in [0.29, 0.717) is 5.75 Å². The van der Waals surface area contributed by atoms with E-state index in [0.717, 1.165) is 6.07 Å². The van der Waals surface area contributed by atoms with Crippen molar-refractivity contribution in [3.8, 4) is 17.2 Å². The molecule has 0 aliphatic rings. The average molecular weight is 321 g/mol. The molecule has 118 valence electrons. The molecule has 0 atom stereocenters. The highest BCUT2D eigenvalue weighted by Crippen LogP contribution is 2.24. The Balaban J connectivity index is 1.75. The lowest BCUT2D eigenvalue weighted by atomic mass is 10.2. The summed E-state index contributed by atoms with van der Waals surface area (Å²) in [6.45, 7) is -0.0672. The van der Waals surface area contributed by atoms with Crippen LogP contribution in [0.5, 0.6) is 5.75 Å². The van der Waals surface area contributed by atoms with Crippen molar-refractivity contribution in [1.82, 2.24) is 15.2 Å². The van der Waals surface area contributed by atoms with E-state index in [1.165, 1.54) is 6.20 Å². The quantitative estimate of drug-likeness (QED) is 0.715. The van der Waals surface area contributed by atoms with Gasteiger partial charge in [0.25, 0.3) is 5.89 Å². The number of rotatable bonds is 5. The number of ether oxygens (including phenoxy) is 1. The molecule has 0 saturated heterocycles. The van der Waals surface area contributed by atoms with Crippen LogP contribution < -0.4 is 4.74 Å². The Hall–Kier alpha value is -2.90. The first-order chi connectivity index (χ1) is 11.1. The number of para-hydroxylation sites is 1. The Morgan fingerprint density at radius 1 is 1.13 bits per heavy atom. The highest BCUT2D eigenvalue weighted by Gasteiger charge is 2.18. The molecule has 0 radical (unpaired) electrons. The number of alkyl halides is 2. The zero-order valence-corrected chi connectivity index (χ0v) is 11.6. The van der Waals surface area contributed by atoms with Gasteiger partial charge in [-0.3, -0.25) is 4.98 Å². The molecule has 8 heteroatoms. The fourth-order valence-electron chi connectivity index (χ4n) is 1.80. The zero-order chi connectivity index (χ0) is 16.2. The van der Waals surface area contributed by atoms with Crippen LogP contribution in [0.2, 0.25) is 0 Å². The van der Waals surface area contributed by atoms with E-state index in [1.807, 2.05) is 6.07 Å². The van der Waals surface area contributed by atoms with Gasteiger partial charge in [0, 0.05) is 6.20 Å². The number of pyridine rings is 1. The third kappa shape index (κ3) is 3.47. The lowest BCUT2D eigenvalue weighted by Crippen LogP contribution is -2.02. The van der Waals surface area contributed by atoms with Crippen LogP contribution in [0.25, 0.3) is 11.5 Å². The molecule has 5 nitrogen and oxygen atoms in total. The Kier molecular flexibility index (Phi) is 4.22. The van der Waals surface area contributed by atoms with Crippen LogP contribution >= 0.6 is 0 Å². The molecule has 2 heterocycles. The molecule has 0 fully saturated rings. The smallest absolute Gasteiger partial charge is 0.314 e. The number of hydrogen-bond donors (Lipinski definition) is 0. The summed E-state index contributed by atoms with van der Waals surface area (Å²) >= 11 is 0. The van der Waals surface area contributed by atoms with Gasteiger partial charge in [0.2, 0.25) is 5.89 Å². The predicted octanol–water partition coefficient (Wildman–Crippen LogP) is 3.79. The first-order valence-electron chi connectivity index (χ1n) is 6.57. The molecule has 23 heavy (non-hydrogen) atoms. The number of aromatic nitrogens is 3. The monoisotopic (exact) mass is 321 g/mol. The second-order valence-corrected chi connectivity index (χ2v) is 4.50. The van der Waals surface area contributed by atoms with Crippen LogP contribution in [-0.4, -0.2) is 15.2 Å². The summed E-state index contributed by atoms with van der Waals surface area (Å²) in [5.41, 5.74) is 0.191. The SMILES string of the molecule is Fc1cc(-c2nnc(C(F)F)o2)cnc1COc1ccccc1. The van der Waals surface area contributed by atoms with Crippen LogP contribution in [0, 0.1) is 5.82 Å². The lowest BCUT2D eigenvalue weighted by Gasteiger charge is -2.06. The normalized spacial score (nSPS) is 11.0. The van der Waals surface area contributed by atoms with Crippen LogP contribution in [0.1, 0.15) is 18.0 Å². The first kappa shape index (κ1) is 15.0. The first-order valence-corrected chi connectivity index (χ1v) is 6.57. The minimum absolute atomic E-state index is 0.0672. The average Bonchev–Trinajstić information content (AvgIpc) is 3.05. The number of hydrogen-bond acceptors (Lipinski definition) is 5. The molecule has 0 spiro atoms. The summed E-state index contributed by atoms with van der Waals surface area (Å²) in [6.07, 6.45) is -1.62. The van der Waals surface area contributed by atoms with Crippen LogP contribution in [0.4, 0.5) is 13.2 Å². The molecule has 0 saturated carbocycles. The second kappa shape index (κ2) is 6.47. The van der Waals surface area contributed by atoms with Gasteiger partial charge in [-0.2, -0.15) is 8.78 Å². The molecular weight excluding hydrogens is 311 g/mol. The summed E-state index contributed by atoms with van der Waals surface area (Å²) in [5.74, 6) is -1.12. The van der Waals surface area contributed by atoms with E-state index >= 15 is 0 Å². The molecule has 0 aliphatic heterocycles. The van der Waals surface area contributed by atoms with E-state index in [4.69, 9.17) is 9.15 Å². The van der Waals surface area contributed by atoms with Gasteiger partial charge < -0.3 is 9.15 Å². The van der Waals surface area contributed by atoms with Crippen molar-refractivity contribution in [3.05, 3.63) is 60.0 Å². The Morgan fingerprint density at radius 2 is 1.91 bits per heavy atom. The maximum atomic E-state index is 14.0. The van der Waals surface area contributed by atoms with Crippen LogP contribution in [0.3, 0.4) is 0 Å². The highest BCUT2D eigenvalue weighted by molar-refractivity contribution is 5.51. The van der Waals surface area contributed by atoms with E-state index in [2.05, 4.69) is 15.2 Å². The van der Waals surface area contributed by atoms with Crippen molar-refractivity contribution in [2.45, 2.75) is 13.0 Å². The van der Waals surface area contributed by atoms with Gasteiger partial charge in [-0.1, -0.05) is 18.2 Å². The van der Waals surface area contributed by atoms with Gasteiger partial charge in [0.15, 0.2) is 0 Å². The highest BCUT2D eigenvalue weighted by atomic mass is 19.3. The molecule has 1 aromatic carbocycles. The molecule has 0 bridgehead atoms. The van der Waals surface area contributed by atoms with Gasteiger partial charge in [0.05, 0.1) is 5.56 Å². The number of benzene rings is 1. The van der Waals surface area contributed by atoms with Gasteiger partial charge >= 0.3 is 6.43 Å². The van der Waals surface area contributed by atoms with Crippen molar-refractivity contribution in [2.24, 2.45) is 0 Å². The van der Waals surface area contributed by atoms with Crippen LogP contribution in [0.15, 0.2) is 47.0 Å². The summed E-state index contributed by atoms with van der Waals surface area (Å²) in [5, 5.41) is 6.62. The van der Waals surface area contributed by atoms with Gasteiger partial charge in [-0.05, 0) is 18.2 Å². The maximum Gasteiger partial charge on any atom is 0.314 e. The molecule has 3 aromatic rings. The van der Waals surface area contributed by atoms with Gasteiger partial charge in [-0.25, -0.2) is 4.39 Å². The predicted molar refractivity (Wildman–Crippen MR) is 73.2 cm³/mol. The van der Waals surface area contributed by atoms with Gasteiger partial charge in [-0.15, -0.1) is 10.2 Å². The minimum atomic E-state index is -2.88. The standard InChI is InChI=1S/C15H10F3N3O2/c16-11-6-9(14-20-21-15(23-14)13(17)18)7-19-12(11)8-22-10-4-2-1-3-5-10/h1-7,13H,8H2. The Labute approximate surface area is 128 Å². The summed E-state index contributed by atoms with van der Waals surface area (Å²) < 4.78 is 49.0. The van der Waals surface area contributed by atoms with E-state index < -0.39 is 18.1 Å². The van der Waals surface area contributed by atoms with E-state index in [-0.39, 0.29) is 23.8 Å². The minimum Gasteiger partial charge on any atom is -0.487 e. The van der Waals surface area contributed by atoms with Crippen molar-refractivity contribution >= 4 is 0 Å². The zero-order valence-electron chi connectivity index (χ0n) is 11.6. The van der Waals surface area contributed by atoms with Crippen LogP contribution in [-0.2, 0) is 6.61 Å². The molecule has 0 unspecified atom stereocenters. The fraction of sp³-hybridized carbons (Fsp3) is 0.133. The molecular formula is C15H10F3N3O2. The molecule has 0 aliphatic carbocycles. The Bertz CT molecular complexity index is 794. The van der Waals surface area contributed by atoms with E-state index in [1.54, 1.807) is 24.3 Å². The second-order valence-electron chi connectivity index (χ2n) is 4.50. The molecule has 0 amide bonds. The summed E-state index contributed by atoms with van der Waals surface area (Å²) in [6, 6.07) is 9.96. The van der Waals surface area contributed by atoms with E-state index in [9.17, 15) is 13.2 Å². The van der Waals surface area contributed by atoms with Crippen molar-refractivity contribution in [2.75, 3.05) is 0 Å². The maximum absolute atomic E-state index is 14.0. The Morgan fingerprint density at radius 3 is 2.57 bits per heavy atom. The van der Waals surface area contributed by atoms with Crippen molar-refractivity contribution < 1.29 is 22.3 Å². The number of nitrogens with zero attached hydrogens (tertiary/aromatic N) is 3. The van der Waals surface area contributed by atoms with Crippen molar-refractivity contribution in [1.29, 1.82) is 0 Å². The summed E-state index contributed by atoms with van der Waals surface area (Å²) in [7, 11) is 0. The fourth-order valence-corrected chi connectivity index (χ4v) is 1.80. The molecule has 3 rings (SSSR count). The van der Waals surface area contributed by atoms with Gasteiger partial charge in [0.1, 0.15) is 23.9 Å². The van der Waals surface area contributed by atoms with Crippen molar-refractivity contribution in [3.63, 3.8) is 0 Å². The largest absolute Gasteiger partial charge is 0.487 e. The third-order valence-electron chi connectivity index (χ3n) is 2.91. The molecule has 2 aromatic heterocycles.